The van der Waals surface area contributed by atoms with Gasteiger partial charge in [0.25, 0.3) is 5.91 Å². The third kappa shape index (κ3) is 3.79. The molecule has 25 heavy (non-hydrogen) atoms. The smallest absolute Gasteiger partial charge is 0.337 e. The third-order valence-corrected chi connectivity index (χ3v) is 4.87. The van der Waals surface area contributed by atoms with Gasteiger partial charge in [-0.15, -0.1) is 0 Å². The second-order valence-corrected chi connectivity index (χ2v) is 6.68. The largest absolute Gasteiger partial charge is 0.465 e. The zero-order valence-corrected chi connectivity index (χ0v) is 14.8. The lowest BCUT2D eigenvalue weighted by Crippen LogP contribution is -2.23. The highest BCUT2D eigenvalue weighted by atomic mass is 32.1. The number of aromatic nitrogens is 1. The maximum absolute atomic E-state index is 12.1. The Hall–Kier alpha value is -2.48. The van der Waals surface area contributed by atoms with Crippen molar-refractivity contribution in [1.29, 1.82) is 0 Å². The van der Waals surface area contributed by atoms with E-state index in [4.69, 9.17) is 9.47 Å². The highest BCUT2D eigenvalue weighted by Gasteiger charge is 2.29. The Bertz CT molecular complexity index is 907. The number of thiazole rings is 1. The van der Waals surface area contributed by atoms with Crippen molar-refractivity contribution in [2.45, 2.75) is 26.3 Å². The van der Waals surface area contributed by atoms with Gasteiger partial charge in [-0.05, 0) is 38.0 Å². The van der Waals surface area contributed by atoms with E-state index in [0.29, 0.717) is 15.9 Å². The lowest BCUT2D eigenvalue weighted by Gasteiger charge is -2.05. The van der Waals surface area contributed by atoms with Crippen LogP contribution < -0.4 is 4.80 Å². The summed E-state index contributed by atoms with van der Waals surface area (Å²) in [4.78, 5) is 40.3. The van der Waals surface area contributed by atoms with Gasteiger partial charge in [-0.1, -0.05) is 11.3 Å². The number of ether oxygens (including phenoxy) is 2. The molecule has 0 bridgehead atoms. The van der Waals surface area contributed by atoms with Gasteiger partial charge < -0.3 is 14.0 Å². The number of hydrogen-bond donors (Lipinski definition) is 0. The van der Waals surface area contributed by atoms with Crippen LogP contribution in [-0.4, -0.2) is 36.1 Å². The zero-order chi connectivity index (χ0) is 18.0. The Kier molecular flexibility index (Phi) is 4.98. The first-order valence-electron chi connectivity index (χ1n) is 7.99. The molecule has 2 aromatic rings. The maximum atomic E-state index is 12.1. The van der Waals surface area contributed by atoms with Crippen LogP contribution in [0.4, 0.5) is 0 Å². The highest BCUT2D eigenvalue weighted by Crippen LogP contribution is 2.30. The highest BCUT2D eigenvalue weighted by molar-refractivity contribution is 7.16. The quantitative estimate of drug-likeness (QED) is 0.758. The van der Waals surface area contributed by atoms with E-state index in [1.165, 1.54) is 18.4 Å². The molecule has 1 amide bonds. The zero-order valence-electron chi connectivity index (χ0n) is 14.0. The van der Waals surface area contributed by atoms with Gasteiger partial charge >= 0.3 is 11.9 Å². The van der Waals surface area contributed by atoms with Crippen LogP contribution in [0.5, 0.6) is 0 Å². The number of amides is 1. The van der Waals surface area contributed by atoms with E-state index in [-0.39, 0.29) is 25.0 Å². The standard InChI is InChI=1S/C17H18N2O5S/c1-3-24-14(20)9-19-12-7-6-11(16(22)23-2)8-13(12)25-17(19)18-15(21)10-4-5-10/h6-8,10H,3-5,9H2,1-2H3. The van der Waals surface area contributed by atoms with Gasteiger partial charge in [0.1, 0.15) is 6.54 Å². The summed E-state index contributed by atoms with van der Waals surface area (Å²) >= 11 is 1.26. The molecule has 8 heteroatoms. The van der Waals surface area contributed by atoms with E-state index >= 15 is 0 Å². The van der Waals surface area contributed by atoms with E-state index in [2.05, 4.69) is 4.99 Å². The summed E-state index contributed by atoms with van der Waals surface area (Å²) in [6.07, 6.45) is 1.72. The number of carbonyl (C=O) groups excluding carboxylic acids is 3. The molecule has 1 aromatic carbocycles. The second-order valence-electron chi connectivity index (χ2n) is 5.67. The van der Waals surface area contributed by atoms with E-state index in [1.807, 2.05) is 0 Å². The molecule has 132 valence electrons. The molecule has 3 rings (SSSR count). The van der Waals surface area contributed by atoms with Crippen LogP contribution in [0.25, 0.3) is 10.2 Å². The van der Waals surface area contributed by atoms with E-state index in [1.54, 1.807) is 29.7 Å². The minimum absolute atomic E-state index is 0.00751. The van der Waals surface area contributed by atoms with Crippen LogP contribution in [0.1, 0.15) is 30.1 Å². The van der Waals surface area contributed by atoms with Crippen molar-refractivity contribution in [3.63, 3.8) is 0 Å². The molecule has 1 heterocycles. The molecule has 1 aromatic heterocycles. The first-order chi connectivity index (χ1) is 12.0. The first kappa shape index (κ1) is 17.3. The Labute approximate surface area is 147 Å². The Balaban J connectivity index is 2.09. The van der Waals surface area contributed by atoms with Crippen molar-refractivity contribution in [2.75, 3.05) is 13.7 Å². The summed E-state index contributed by atoms with van der Waals surface area (Å²) in [5.41, 5.74) is 1.12. The fourth-order valence-corrected chi connectivity index (χ4v) is 3.48. The van der Waals surface area contributed by atoms with E-state index < -0.39 is 11.9 Å². The maximum Gasteiger partial charge on any atom is 0.337 e. The molecule has 0 N–H and O–H groups in total. The van der Waals surface area contributed by atoms with Gasteiger partial charge in [-0.3, -0.25) is 9.59 Å². The lowest BCUT2D eigenvalue weighted by molar-refractivity contribution is -0.143. The predicted octanol–water partition coefficient (Wildman–Crippen LogP) is 1.89. The van der Waals surface area contributed by atoms with Crippen LogP contribution in [-0.2, 0) is 25.6 Å². The van der Waals surface area contributed by atoms with Crippen LogP contribution >= 0.6 is 11.3 Å². The number of methoxy groups -OCH3 is 1. The Morgan fingerprint density at radius 3 is 2.72 bits per heavy atom. The molecule has 0 radical (unpaired) electrons. The van der Waals surface area contributed by atoms with Crippen LogP contribution in [0, 0.1) is 5.92 Å². The summed E-state index contributed by atoms with van der Waals surface area (Å²) in [6, 6.07) is 5.01. The average Bonchev–Trinajstić information content (AvgIpc) is 3.39. The van der Waals surface area contributed by atoms with Crippen LogP contribution in [0.3, 0.4) is 0 Å². The van der Waals surface area contributed by atoms with Gasteiger partial charge in [0, 0.05) is 5.92 Å². The SMILES string of the molecule is CCOC(=O)Cn1c(=NC(=O)C2CC2)sc2cc(C(=O)OC)ccc21. The molecule has 1 saturated carbocycles. The molecule has 0 aliphatic heterocycles. The fourth-order valence-electron chi connectivity index (χ4n) is 2.41. The Morgan fingerprint density at radius 1 is 1.32 bits per heavy atom. The van der Waals surface area contributed by atoms with Crippen molar-refractivity contribution in [2.24, 2.45) is 10.9 Å². The third-order valence-electron chi connectivity index (χ3n) is 3.83. The number of carbonyl (C=O) groups is 3. The number of benzene rings is 1. The molecule has 0 spiro atoms. The number of fused-ring (bicyclic) bond motifs is 1. The van der Waals surface area contributed by atoms with Crippen molar-refractivity contribution >= 4 is 39.4 Å². The molecule has 1 aliphatic rings. The van der Waals surface area contributed by atoms with Gasteiger partial charge in [0.05, 0.1) is 29.5 Å². The number of hydrogen-bond acceptors (Lipinski definition) is 6. The van der Waals surface area contributed by atoms with Crippen LogP contribution in [0.2, 0.25) is 0 Å². The summed E-state index contributed by atoms with van der Waals surface area (Å²) < 4.78 is 12.1. The average molecular weight is 362 g/mol. The molecule has 0 atom stereocenters. The van der Waals surface area contributed by atoms with Crippen molar-refractivity contribution < 1.29 is 23.9 Å². The first-order valence-corrected chi connectivity index (χ1v) is 8.81. The molecular formula is C17H18N2O5S. The summed E-state index contributed by atoms with van der Waals surface area (Å²) in [5.74, 6) is -1.02. The summed E-state index contributed by atoms with van der Waals surface area (Å²) in [6.45, 7) is 1.97. The van der Waals surface area contributed by atoms with Gasteiger partial charge in [-0.2, -0.15) is 4.99 Å². The normalized spacial score (nSPS) is 14.6. The lowest BCUT2D eigenvalue weighted by atomic mass is 10.2. The minimum Gasteiger partial charge on any atom is -0.465 e. The fraction of sp³-hybridized carbons (Fsp3) is 0.412. The van der Waals surface area contributed by atoms with Crippen molar-refractivity contribution in [3.05, 3.63) is 28.6 Å². The van der Waals surface area contributed by atoms with Gasteiger partial charge in [-0.25, -0.2) is 4.79 Å². The molecule has 1 fully saturated rings. The van der Waals surface area contributed by atoms with Crippen LogP contribution in [0.15, 0.2) is 23.2 Å². The van der Waals surface area contributed by atoms with Gasteiger partial charge in [0.15, 0.2) is 4.80 Å². The number of esters is 2. The molecule has 7 nitrogen and oxygen atoms in total. The van der Waals surface area contributed by atoms with E-state index in [9.17, 15) is 14.4 Å². The molecule has 1 aliphatic carbocycles. The minimum atomic E-state index is -0.445. The number of nitrogens with zero attached hydrogens (tertiary/aromatic N) is 2. The van der Waals surface area contributed by atoms with Gasteiger partial charge in [0.2, 0.25) is 0 Å². The molecule has 0 unspecified atom stereocenters. The molecule has 0 saturated heterocycles. The molecular weight excluding hydrogens is 344 g/mol. The van der Waals surface area contributed by atoms with E-state index in [0.717, 1.165) is 17.5 Å². The topological polar surface area (TPSA) is 87.0 Å². The second kappa shape index (κ2) is 7.18. The summed E-state index contributed by atoms with van der Waals surface area (Å²) in [5, 5.41) is 0. The monoisotopic (exact) mass is 362 g/mol. The van der Waals surface area contributed by atoms with Crippen molar-refractivity contribution in [3.8, 4) is 0 Å². The van der Waals surface area contributed by atoms with Crippen molar-refractivity contribution in [1.82, 2.24) is 4.57 Å². The summed E-state index contributed by atoms with van der Waals surface area (Å²) in [7, 11) is 1.32. The number of rotatable bonds is 5. The predicted molar refractivity (Wildman–Crippen MR) is 91.1 cm³/mol. The Morgan fingerprint density at radius 2 is 2.08 bits per heavy atom.